The van der Waals surface area contributed by atoms with Crippen molar-refractivity contribution in [3.63, 3.8) is 0 Å². The third kappa shape index (κ3) is 4.16. The second-order valence-corrected chi connectivity index (χ2v) is 4.72. The highest BCUT2D eigenvalue weighted by Crippen LogP contribution is 2.09. The Morgan fingerprint density at radius 3 is 2.85 bits per heavy atom. The molecule has 0 unspecified atom stereocenters. The third-order valence-corrected chi connectivity index (χ3v) is 3.09. The molecule has 1 aromatic carbocycles. The Bertz CT molecular complexity index is 584. The lowest BCUT2D eigenvalue weighted by atomic mass is 10.1. The summed E-state index contributed by atoms with van der Waals surface area (Å²) in [6, 6.07) is 8.78. The monoisotopic (exact) mass is 272 g/mol. The Balaban J connectivity index is 1.79. The number of aryl methyl sites for hydroxylation is 2. The second-order valence-electron chi connectivity index (χ2n) is 4.72. The van der Waals surface area contributed by atoms with Crippen LogP contribution in [0.1, 0.15) is 23.1 Å². The molecule has 0 aliphatic heterocycles. The van der Waals surface area contributed by atoms with Crippen molar-refractivity contribution >= 4 is 5.91 Å². The molecular weight excluding hydrogens is 255 g/mol. The summed E-state index contributed by atoms with van der Waals surface area (Å²) >= 11 is 0. The van der Waals surface area contributed by atoms with Gasteiger partial charge in [0.25, 0.3) is 0 Å². The molecular formula is C16H17FN2O. The molecule has 0 aliphatic rings. The van der Waals surface area contributed by atoms with Crippen molar-refractivity contribution in [1.29, 1.82) is 0 Å². The van der Waals surface area contributed by atoms with E-state index in [1.165, 1.54) is 6.07 Å². The van der Waals surface area contributed by atoms with Gasteiger partial charge in [-0.2, -0.15) is 0 Å². The molecule has 1 aromatic heterocycles. The lowest BCUT2D eigenvalue weighted by Gasteiger charge is -2.06. The van der Waals surface area contributed by atoms with Gasteiger partial charge in [-0.25, -0.2) is 4.39 Å². The molecule has 1 N–H and O–H groups in total. The molecule has 4 heteroatoms. The van der Waals surface area contributed by atoms with Crippen molar-refractivity contribution < 1.29 is 9.18 Å². The molecule has 2 rings (SSSR count). The summed E-state index contributed by atoms with van der Waals surface area (Å²) in [6.45, 7) is 2.06. The summed E-state index contributed by atoms with van der Waals surface area (Å²) in [5.41, 5.74) is 2.41. The summed E-state index contributed by atoms with van der Waals surface area (Å²) in [5, 5.41) is 2.79. The number of hydrogen-bond donors (Lipinski definition) is 1. The zero-order valence-corrected chi connectivity index (χ0v) is 11.4. The number of amides is 1. The van der Waals surface area contributed by atoms with E-state index in [-0.39, 0.29) is 11.7 Å². The molecule has 3 nitrogen and oxygen atoms in total. The van der Waals surface area contributed by atoms with E-state index in [9.17, 15) is 9.18 Å². The summed E-state index contributed by atoms with van der Waals surface area (Å²) in [4.78, 5) is 15.7. The number of nitrogens with zero attached hydrogens (tertiary/aromatic N) is 1. The molecule has 0 radical (unpaired) electrons. The molecule has 0 bridgehead atoms. The first-order chi connectivity index (χ1) is 9.65. The van der Waals surface area contributed by atoms with Gasteiger partial charge in [-0.1, -0.05) is 18.2 Å². The number of halogens is 1. The molecule has 1 heterocycles. The maximum atomic E-state index is 13.4. The van der Waals surface area contributed by atoms with E-state index in [1.807, 2.05) is 18.2 Å². The third-order valence-electron chi connectivity index (χ3n) is 3.09. The molecule has 2 aromatic rings. The zero-order chi connectivity index (χ0) is 14.4. The number of carbonyl (C=O) groups excluding carboxylic acids is 1. The van der Waals surface area contributed by atoms with Crippen molar-refractivity contribution in [3.05, 3.63) is 65.2 Å². The molecule has 1 amide bonds. The van der Waals surface area contributed by atoms with Gasteiger partial charge in [0, 0.05) is 25.4 Å². The van der Waals surface area contributed by atoms with Crippen LogP contribution in [0.3, 0.4) is 0 Å². The maximum Gasteiger partial charge on any atom is 0.220 e. The van der Waals surface area contributed by atoms with Crippen molar-refractivity contribution in [1.82, 2.24) is 10.3 Å². The molecule has 104 valence electrons. The predicted molar refractivity (Wildman–Crippen MR) is 75.5 cm³/mol. The molecule has 0 saturated carbocycles. The van der Waals surface area contributed by atoms with E-state index in [2.05, 4.69) is 10.3 Å². The molecule has 0 atom stereocenters. The first-order valence-corrected chi connectivity index (χ1v) is 6.56. The fourth-order valence-corrected chi connectivity index (χ4v) is 1.84. The Morgan fingerprint density at radius 2 is 2.15 bits per heavy atom. The minimum atomic E-state index is -0.243. The minimum absolute atomic E-state index is 0.0464. The van der Waals surface area contributed by atoms with Crippen LogP contribution in [-0.4, -0.2) is 10.9 Å². The van der Waals surface area contributed by atoms with Crippen LogP contribution in [0, 0.1) is 12.7 Å². The first kappa shape index (κ1) is 14.2. The molecule has 0 spiro atoms. The highest BCUT2D eigenvalue weighted by molar-refractivity contribution is 5.76. The second kappa shape index (κ2) is 6.80. The van der Waals surface area contributed by atoms with Gasteiger partial charge in [-0.05, 0) is 42.2 Å². The van der Waals surface area contributed by atoms with E-state index >= 15 is 0 Å². The van der Waals surface area contributed by atoms with E-state index in [0.29, 0.717) is 24.9 Å². The Kier molecular flexibility index (Phi) is 4.82. The number of benzene rings is 1. The summed E-state index contributed by atoms with van der Waals surface area (Å²) in [5.74, 6) is -0.290. The quantitative estimate of drug-likeness (QED) is 0.909. The Hall–Kier alpha value is -2.23. The Labute approximate surface area is 117 Å². The lowest BCUT2D eigenvalue weighted by Crippen LogP contribution is -2.23. The fraction of sp³-hybridized carbons (Fsp3) is 0.250. The van der Waals surface area contributed by atoms with Gasteiger partial charge >= 0.3 is 0 Å². The number of pyridine rings is 1. The highest BCUT2D eigenvalue weighted by Gasteiger charge is 2.04. The van der Waals surface area contributed by atoms with Gasteiger partial charge in [0.05, 0.1) is 0 Å². The van der Waals surface area contributed by atoms with Crippen LogP contribution in [-0.2, 0) is 17.8 Å². The standard InChI is InChI=1S/C16H17FN2O/c1-12-4-5-14(9-15(12)17)11-19-16(20)7-6-13-3-2-8-18-10-13/h2-5,8-10H,6-7,11H2,1H3,(H,19,20). The topological polar surface area (TPSA) is 42.0 Å². The molecule has 0 aliphatic carbocycles. The van der Waals surface area contributed by atoms with E-state index in [1.54, 1.807) is 25.4 Å². The van der Waals surface area contributed by atoms with E-state index in [0.717, 1.165) is 11.1 Å². The summed E-state index contributed by atoms with van der Waals surface area (Å²) < 4.78 is 13.4. The van der Waals surface area contributed by atoms with Gasteiger partial charge < -0.3 is 5.32 Å². The van der Waals surface area contributed by atoms with Gasteiger partial charge in [0.2, 0.25) is 5.91 Å². The molecule has 0 fully saturated rings. The highest BCUT2D eigenvalue weighted by atomic mass is 19.1. The van der Waals surface area contributed by atoms with Crippen LogP contribution < -0.4 is 5.32 Å². The summed E-state index contributed by atoms with van der Waals surface area (Å²) in [7, 11) is 0. The summed E-state index contributed by atoms with van der Waals surface area (Å²) in [6.07, 6.45) is 4.51. The van der Waals surface area contributed by atoms with Crippen LogP contribution in [0.4, 0.5) is 4.39 Å². The average molecular weight is 272 g/mol. The van der Waals surface area contributed by atoms with Crippen molar-refractivity contribution in [2.75, 3.05) is 0 Å². The average Bonchev–Trinajstić information content (AvgIpc) is 2.47. The number of hydrogen-bond acceptors (Lipinski definition) is 2. The Morgan fingerprint density at radius 1 is 1.30 bits per heavy atom. The predicted octanol–water partition coefficient (Wildman–Crippen LogP) is 2.78. The fourth-order valence-electron chi connectivity index (χ4n) is 1.84. The first-order valence-electron chi connectivity index (χ1n) is 6.56. The maximum absolute atomic E-state index is 13.4. The van der Waals surface area contributed by atoms with Crippen LogP contribution >= 0.6 is 0 Å². The largest absolute Gasteiger partial charge is 0.352 e. The van der Waals surface area contributed by atoms with Crippen molar-refractivity contribution in [3.8, 4) is 0 Å². The molecule has 20 heavy (non-hydrogen) atoms. The van der Waals surface area contributed by atoms with Gasteiger partial charge in [0.1, 0.15) is 5.82 Å². The van der Waals surface area contributed by atoms with Crippen LogP contribution in [0.5, 0.6) is 0 Å². The minimum Gasteiger partial charge on any atom is -0.352 e. The number of aromatic nitrogens is 1. The van der Waals surface area contributed by atoms with E-state index in [4.69, 9.17) is 0 Å². The van der Waals surface area contributed by atoms with Crippen LogP contribution in [0.2, 0.25) is 0 Å². The van der Waals surface area contributed by atoms with E-state index < -0.39 is 0 Å². The van der Waals surface area contributed by atoms with Crippen molar-refractivity contribution in [2.45, 2.75) is 26.3 Å². The number of nitrogens with one attached hydrogen (secondary N) is 1. The van der Waals surface area contributed by atoms with Crippen LogP contribution in [0.25, 0.3) is 0 Å². The van der Waals surface area contributed by atoms with Gasteiger partial charge in [-0.15, -0.1) is 0 Å². The van der Waals surface area contributed by atoms with Crippen LogP contribution in [0.15, 0.2) is 42.7 Å². The normalized spacial score (nSPS) is 10.3. The SMILES string of the molecule is Cc1ccc(CNC(=O)CCc2cccnc2)cc1F. The van der Waals surface area contributed by atoms with Gasteiger partial charge in [0.15, 0.2) is 0 Å². The van der Waals surface area contributed by atoms with Crippen molar-refractivity contribution in [2.24, 2.45) is 0 Å². The lowest BCUT2D eigenvalue weighted by molar-refractivity contribution is -0.121. The van der Waals surface area contributed by atoms with Gasteiger partial charge in [-0.3, -0.25) is 9.78 Å². The zero-order valence-electron chi connectivity index (χ0n) is 11.4. The smallest absolute Gasteiger partial charge is 0.220 e. The number of rotatable bonds is 5. The number of carbonyl (C=O) groups is 1. The molecule has 0 saturated heterocycles.